The van der Waals surface area contributed by atoms with Gasteiger partial charge in [-0.2, -0.15) is 0 Å². The van der Waals surface area contributed by atoms with E-state index in [-0.39, 0.29) is 12.0 Å². The average molecular weight is 298 g/mol. The summed E-state index contributed by atoms with van der Waals surface area (Å²) in [5.41, 5.74) is 2.61. The molecule has 3 atom stereocenters. The van der Waals surface area contributed by atoms with Crippen molar-refractivity contribution in [1.82, 2.24) is 9.55 Å². The Morgan fingerprint density at radius 2 is 1.86 bits per heavy atom. The van der Waals surface area contributed by atoms with E-state index in [1.54, 1.807) is 0 Å². The van der Waals surface area contributed by atoms with Crippen LogP contribution in [-0.4, -0.2) is 32.0 Å². The first-order valence-electron chi connectivity index (χ1n) is 7.82. The molecular weight excluding hydrogens is 276 g/mol. The lowest BCUT2D eigenvalue weighted by atomic mass is 9.77. The molecule has 1 unspecified atom stereocenters. The van der Waals surface area contributed by atoms with E-state index in [0.29, 0.717) is 0 Å². The molecule has 2 aliphatic heterocycles. The highest BCUT2D eigenvalue weighted by Gasteiger charge is 2.58. The van der Waals surface area contributed by atoms with E-state index in [0.717, 1.165) is 5.69 Å². The molecule has 1 fully saturated rings. The Bertz CT molecular complexity index is 732. The molecule has 4 rings (SSSR count). The number of ether oxygens (including phenoxy) is 1. The van der Waals surface area contributed by atoms with Crippen LogP contribution in [-0.2, 0) is 4.74 Å². The van der Waals surface area contributed by atoms with Crippen molar-refractivity contribution in [3.8, 4) is 11.3 Å². The first-order chi connectivity index (χ1) is 10.3. The quantitative estimate of drug-likeness (QED) is 0.880. The van der Waals surface area contributed by atoms with Gasteiger partial charge in [0.25, 0.3) is 0 Å². The molecule has 0 spiro atoms. The Morgan fingerprint density at radius 1 is 1.14 bits per heavy atom. The molecule has 0 radical (unpaired) electrons. The standard InChI is InChI=1S/C18H22N2O2/c1-17(2)14(16(21)18(3,4)22-17)15-12-8-6-5-7-11(12)13-9-19-10-20(13)15/h5-10,14-16,21H,1-4H3/t14-,15?,16+/m1/s1. The first kappa shape index (κ1) is 14.0. The third-order valence-electron chi connectivity index (χ3n) is 5.24. The van der Waals surface area contributed by atoms with Crippen molar-refractivity contribution in [3.63, 3.8) is 0 Å². The molecular formula is C18H22N2O2. The number of benzene rings is 1. The van der Waals surface area contributed by atoms with Gasteiger partial charge < -0.3 is 14.4 Å². The zero-order valence-corrected chi connectivity index (χ0v) is 13.4. The van der Waals surface area contributed by atoms with Crippen molar-refractivity contribution >= 4 is 0 Å². The van der Waals surface area contributed by atoms with E-state index in [9.17, 15) is 5.11 Å². The van der Waals surface area contributed by atoms with Crippen LogP contribution in [0.5, 0.6) is 0 Å². The lowest BCUT2D eigenvalue weighted by Gasteiger charge is -2.33. The number of hydrogen-bond acceptors (Lipinski definition) is 3. The van der Waals surface area contributed by atoms with Crippen LogP contribution in [0.4, 0.5) is 0 Å². The van der Waals surface area contributed by atoms with E-state index < -0.39 is 17.3 Å². The molecule has 22 heavy (non-hydrogen) atoms. The predicted molar refractivity (Wildman–Crippen MR) is 84.5 cm³/mol. The van der Waals surface area contributed by atoms with Crippen LogP contribution in [0.25, 0.3) is 11.3 Å². The molecule has 2 aromatic rings. The molecule has 1 aromatic heterocycles. The minimum atomic E-state index is -0.549. The maximum Gasteiger partial charge on any atom is 0.0956 e. The maximum absolute atomic E-state index is 10.9. The van der Waals surface area contributed by atoms with Gasteiger partial charge in [-0.3, -0.25) is 0 Å². The predicted octanol–water partition coefficient (Wildman–Crippen LogP) is 3.02. The third kappa shape index (κ3) is 1.68. The fraction of sp³-hybridized carbons (Fsp3) is 0.500. The van der Waals surface area contributed by atoms with Crippen molar-refractivity contribution < 1.29 is 9.84 Å². The van der Waals surface area contributed by atoms with E-state index in [1.165, 1.54) is 11.1 Å². The SMILES string of the molecule is CC1(C)OC(C)(C)[C@@H](O)[C@H]1C1c2ccccc2-c2cncn21. The Morgan fingerprint density at radius 3 is 2.55 bits per heavy atom. The summed E-state index contributed by atoms with van der Waals surface area (Å²) in [6.07, 6.45) is 3.24. The van der Waals surface area contributed by atoms with Gasteiger partial charge in [-0.05, 0) is 33.3 Å². The van der Waals surface area contributed by atoms with Crippen molar-refractivity contribution in [2.45, 2.75) is 51.0 Å². The Balaban J connectivity index is 1.90. The van der Waals surface area contributed by atoms with Crippen LogP contribution in [0.1, 0.15) is 39.3 Å². The summed E-state index contributed by atoms with van der Waals surface area (Å²) in [6, 6.07) is 8.45. The lowest BCUT2D eigenvalue weighted by molar-refractivity contribution is -0.0915. The van der Waals surface area contributed by atoms with Gasteiger partial charge in [0.2, 0.25) is 0 Å². The van der Waals surface area contributed by atoms with Gasteiger partial charge in [-0.15, -0.1) is 0 Å². The van der Waals surface area contributed by atoms with Crippen LogP contribution in [0.15, 0.2) is 36.8 Å². The van der Waals surface area contributed by atoms with Gasteiger partial charge >= 0.3 is 0 Å². The number of hydrogen-bond donors (Lipinski definition) is 1. The first-order valence-corrected chi connectivity index (χ1v) is 7.82. The van der Waals surface area contributed by atoms with Crippen molar-refractivity contribution in [3.05, 3.63) is 42.4 Å². The average Bonchev–Trinajstić information content (AvgIpc) is 3.04. The van der Waals surface area contributed by atoms with Gasteiger partial charge in [0.15, 0.2) is 0 Å². The zero-order valence-electron chi connectivity index (χ0n) is 13.4. The number of nitrogens with zero attached hydrogens (tertiary/aromatic N) is 2. The molecule has 4 nitrogen and oxygen atoms in total. The fourth-order valence-corrected chi connectivity index (χ4v) is 4.41. The second kappa shape index (κ2) is 4.21. The number of fused-ring (bicyclic) bond motifs is 3. The zero-order chi connectivity index (χ0) is 15.7. The van der Waals surface area contributed by atoms with E-state index in [2.05, 4.69) is 47.7 Å². The maximum atomic E-state index is 10.9. The third-order valence-corrected chi connectivity index (χ3v) is 5.24. The van der Waals surface area contributed by atoms with Crippen LogP contribution in [0.2, 0.25) is 0 Å². The Hall–Kier alpha value is -1.65. The van der Waals surface area contributed by atoms with E-state index in [4.69, 9.17) is 4.74 Å². The highest BCUT2D eigenvalue weighted by molar-refractivity contribution is 5.69. The minimum absolute atomic E-state index is 0.0286. The normalized spacial score (nSPS) is 31.0. The van der Waals surface area contributed by atoms with Gasteiger partial charge in [0.1, 0.15) is 0 Å². The smallest absolute Gasteiger partial charge is 0.0956 e. The lowest BCUT2D eigenvalue weighted by Crippen LogP contribution is -2.40. The van der Waals surface area contributed by atoms with Crippen LogP contribution in [0.3, 0.4) is 0 Å². The molecule has 0 bridgehead atoms. The van der Waals surface area contributed by atoms with Gasteiger partial charge in [0, 0.05) is 11.5 Å². The van der Waals surface area contributed by atoms with E-state index in [1.807, 2.05) is 26.4 Å². The largest absolute Gasteiger partial charge is 0.390 e. The van der Waals surface area contributed by atoms with Gasteiger partial charge in [-0.1, -0.05) is 24.3 Å². The monoisotopic (exact) mass is 298 g/mol. The highest BCUT2D eigenvalue weighted by Crippen LogP contribution is 2.53. The fourth-order valence-electron chi connectivity index (χ4n) is 4.41. The van der Waals surface area contributed by atoms with Crippen LogP contribution in [0, 0.1) is 5.92 Å². The summed E-state index contributed by atoms with van der Waals surface area (Å²) >= 11 is 0. The molecule has 0 aliphatic carbocycles. The molecule has 1 saturated heterocycles. The number of aliphatic hydroxyl groups is 1. The summed E-state index contributed by atoms with van der Waals surface area (Å²) < 4.78 is 8.38. The van der Waals surface area contributed by atoms with Gasteiger partial charge in [0.05, 0.1) is 41.6 Å². The van der Waals surface area contributed by atoms with Gasteiger partial charge in [-0.25, -0.2) is 4.98 Å². The Kier molecular flexibility index (Phi) is 2.67. The summed E-state index contributed by atoms with van der Waals surface area (Å²) in [5, 5.41) is 10.9. The number of imidazole rings is 1. The van der Waals surface area contributed by atoms with E-state index >= 15 is 0 Å². The number of rotatable bonds is 1. The second-order valence-corrected chi connectivity index (χ2v) is 7.50. The van der Waals surface area contributed by atoms with Crippen LogP contribution < -0.4 is 0 Å². The Labute approximate surface area is 130 Å². The molecule has 1 N–H and O–H groups in total. The molecule has 3 heterocycles. The topological polar surface area (TPSA) is 47.3 Å². The highest BCUT2D eigenvalue weighted by atomic mass is 16.5. The molecule has 0 amide bonds. The minimum Gasteiger partial charge on any atom is -0.390 e. The molecule has 1 aromatic carbocycles. The molecule has 4 heteroatoms. The van der Waals surface area contributed by atoms with Crippen molar-refractivity contribution in [2.24, 2.45) is 5.92 Å². The molecule has 0 saturated carbocycles. The number of aliphatic hydroxyl groups excluding tert-OH is 1. The van der Waals surface area contributed by atoms with Crippen molar-refractivity contribution in [2.75, 3.05) is 0 Å². The van der Waals surface area contributed by atoms with Crippen molar-refractivity contribution in [1.29, 1.82) is 0 Å². The summed E-state index contributed by atoms with van der Waals surface area (Å²) in [6.45, 7) is 8.09. The summed E-state index contributed by atoms with van der Waals surface area (Å²) in [5.74, 6) is -0.0286. The number of aromatic nitrogens is 2. The molecule has 2 aliphatic rings. The summed E-state index contributed by atoms with van der Waals surface area (Å²) in [4.78, 5) is 4.31. The van der Waals surface area contributed by atoms with Crippen LogP contribution >= 0.6 is 0 Å². The molecule has 116 valence electrons. The summed E-state index contributed by atoms with van der Waals surface area (Å²) in [7, 11) is 0. The second-order valence-electron chi connectivity index (χ2n) is 7.50.